The van der Waals surface area contributed by atoms with Crippen molar-refractivity contribution < 1.29 is 4.79 Å². The molecule has 0 aliphatic carbocycles. The van der Waals surface area contributed by atoms with Crippen LogP contribution in [0.5, 0.6) is 0 Å². The lowest BCUT2D eigenvalue weighted by molar-refractivity contribution is -0.113. The number of nitriles is 1. The van der Waals surface area contributed by atoms with Gasteiger partial charge in [-0.05, 0) is 30.5 Å². The van der Waals surface area contributed by atoms with Crippen LogP contribution in [0.3, 0.4) is 0 Å². The summed E-state index contributed by atoms with van der Waals surface area (Å²) in [5.74, 6) is -0.220. The fourth-order valence-electron chi connectivity index (χ4n) is 2.36. The summed E-state index contributed by atoms with van der Waals surface area (Å²) in [4.78, 5) is 11.8. The lowest BCUT2D eigenvalue weighted by Crippen LogP contribution is -2.01. The van der Waals surface area contributed by atoms with Crippen LogP contribution in [0.2, 0.25) is 0 Å². The van der Waals surface area contributed by atoms with Crippen molar-refractivity contribution in [1.29, 1.82) is 5.26 Å². The maximum Gasteiger partial charge on any atom is 0.170 e. The van der Waals surface area contributed by atoms with Gasteiger partial charge in [0.25, 0.3) is 0 Å². The summed E-state index contributed by atoms with van der Waals surface area (Å²) in [6, 6.07) is 21.5. The van der Waals surface area contributed by atoms with Crippen molar-refractivity contribution in [3.63, 3.8) is 0 Å². The second kappa shape index (κ2) is 7.19. The van der Waals surface area contributed by atoms with Crippen LogP contribution in [0.1, 0.15) is 25.0 Å². The molecule has 2 nitrogen and oxygen atoms in total. The summed E-state index contributed by atoms with van der Waals surface area (Å²) in [6.45, 7) is 3.35. The minimum absolute atomic E-state index is 0.191. The third-order valence-corrected chi connectivity index (χ3v) is 3.35. The van der Waals surface area contributed by atoms with E-state index in [1.165, 1.54) is 6.92 Å². The maximum absolute atomic E-state index is 11.8. The molecule has 22 heavy (non-hydrogen) atoms. The summed E-state index contributed by atoms with van der Waals surface area (Å²) < 4.78 is 0. The zero-order valence-corrected chi connectivity index (χ0v) is 12.7. The van der Waals surface area contributed by atoms with E-state index in [-0.39, 0.29) is 11.4 Å². The molecule has 0 unspecified atom stereocenters. The molecule has 2 aromatic rings. The summed E-state index contributed by atoms with van der Waals surface area (Å²) in [5.41, 5.74) is 3.69. The monoisotopic (exact) mass is 287 g/mol. The number of rotatable bonds is 4. The minimum atomic E-state index is -0.220. The van der Waals surface area contributed by atoms with Gasteiger partial charge in [0, 0.05) is 5.57 Å². The first-order valence-electron chi connectivity index (χ1n) is 7.08. The van der Waals surface area contributed by atoms with E-state index in [0.717, 1.165) is 16.7 Å². The molecule has 0 atom stereocenters. The van der Waals surface area contributed by atoms with Crippen LogP contribution in [-0.2, 0) is 4.79 Å². The maximum atomic E-state index is 11.8. The third kappa shape index (κ3) is 3.59. The molecule has 0 aromatic heterocycles. The van der Waals surface area contributed by atoms with Crippen LogP contribution in [0, 0.1) is 11.3 Å². The number of nitrogens with zero attached hydrogens (tertiary/aromatic N) is 1. The first-order chi connectivity index (χ1) is 10.6. The highest BCUT2D eigenvalue weighted by molar-refractivity contribution is 6.08. The molecule has 0 fully saturated rings. The number of hydrogen-bond acceptors (Lipinski definition) is 2. The van der Waals surface area contributed by atoms with Crippen molar-refractivity contribution in [2.45, 2.75) is 13.8 Å². The van der Waals surface area contributed by atoms with Crippen molar-refractivity contribution >= 4 is 17.4 Å². The van der Waals surface area contributed by atoms with Gasteiger partial charge < -0.3 is 0 Å². The average Bonchev–Trinajstić information content (AvgIpc) is 2.53. The zero-order chi connectivity index (χ0) is 15.9. The molecule has 0 radical (unpaired) electrons. The van der Waals surface area contributed by atoms with E-state index in [9.17, 15) is 10.1 Å². The predicted octanol–water partition coefficient (Wildman–Crippen LogP) is 4.66. The Bertz CT molecular complexity index is 762. The fourth-order valence-corrected chi connectivity index (χ4v) is 2.36. The highest BCUT2D eigenvalue weighted by Gasteiger charge is 2.14. The van der Waals surface area contributed by atoms with E-state index in [0.29, 0.717) is 5.57 Å². The van der Waals surface area contributed by atoms with Crippen LogP contribution in [0.4, 0.5) is 0 Å². The van der Waals surface area contributed by atoms with Crippen molar-refractivity contribution in [1.82, 2.24) is 0 Å². The number of Topliss-reactive ketones (excluding diaryl/α,β-unsaturated/α-hetero) is 1. The number of ketones is 1. The Morgan fingerprint density at radius 1 is 0.955 bits per heavy atom. The molecule has 0 heterocycles. The normalized spacial score (nSPS) is 12.3. The van der Waals surface area contributed by atoms with Gasteiger partial charge >= 0.3 is 0 Å². The predicted molar refractivity (Wildman–Crippen MR) is 89.7 cm³/mol. The molecule has 0 aliphatic heterocycles. The van der Waals surface area contributed by atoms with Crippen molar-refractivity contribution in [2.75, 3.05) is 0 Å². The number of hydrogen-bond donors (Lipinski definition) is 0. The van der Waals surface area contributed by atoms with Crippen LogP contribution in [0.25, 0.3) is 11.6 Å². The van der Waals surface area contributed by atoms with Crippen LogP contribution >= 0.6 is 0 Å². The zero-order valence-electron chi connectivity index (χ0n) is 12.7. The second-order valence-electron chi connectivity index (χ2n) is 5.02. The molecule has 108 valence electrons. The standard InChI is InChI=1S/C20H17NO/c1-15(13-17-9-5-3-6-10-17)20(19(14-21)16(2)22)18-11-7-4-8-12-18/h3-13H,1-2H3/b15-13?,20-19+. The minimum Gasteiger partial charge on any atom is -0.294 e. The SMILES string of the molecule is CC(=O)/C(C#N)=C(\C(C)=Cc1ccccc1)c1ccccc1. The highest BCUT2D eigenvalue weighted by atomic mass is 16.1. The van der Waals surface area contributed by atoms with Gasteiger partial charge in [0.15, 0.2) is 5.78 Å². The Morgan fingerprint density at radius 2 is 1.50 bits per heavy atom. The molecule has 0 spiro atoms. The first-order valence-corrected chi connectivity index (χ1v) is 7.08. The fraction of sp³-hybridized carbons (Fsp3) is 0.100. The quantitative estimate of drug-likeness (QED) is 0.466. The number of carbonyl (C=O) groups excluding carboxylic acids is 1. The molecular formula is C20H17NO. The van der Waals surface area contributed by atoms with Crippen molar-refractivity contribution in [2.24, 2.45) is 0 Å². The van der Waals surface area contributed by atoms with Gasteiger partial charge in [0.05, 0.1) is 0 Å². The third-order valence-electron chi connectivity index (χ3n) is 3.35. The van der Waals surface area contributed by atoms with Crippen LogP contribution in [-0.4, -0.2) is 5.78 Å². The van der Waals surface area contributed by atoms with Crippen molar-refractivity contribution in [3.8, 4) is 6.07 Å². The first kappa shape index (κ1) is 15.5. The molecule has 0 bridgehead atoms. The Labute approximate surface area is 131 Å². The van der Waals surface area contributed by atoms with E-state index in [1.807, 2.05) is 73.7 Å². The lowest BCUT2D eigenvalue weighted by atomic mass is 9.91. The van der Waals surface area contributed by atoms with E-state index in [4.69, 9.17) is 0 Å². The van der Waals surface area contributed by atoms with Gasteiger partial charge in [-0.1, -0.05) is 66.7 Å². The van der Waals surface area contributed by atoms with E-state index in [1.54, 1.807) is 0 Å². The smallest absolute Gasteiger partial charge is 0.170 e. The van der Waals surface area contributed by atoms with Gasteiger partial charge in [-0.25, -0.2) is 0 Å². The summed E-state index contributed by atoms with van der Waals surface area (Å²) >= 11 is 0. The Kier molecular flexibility index (Phi) is 5.06. The van der Waals surface area contributed by atoms with Crippen LogP contribution < -0.4 is 0 Å². The van der Waals surface area contributed by atoms with E-state index < -0.39 is 0 Å². The van der Waals surface area contributed by atoms with Gasteiger partial charge in [-0.15, -0.1) is 0 Å². The van der Waals surface area contributed by atoms with Gasteiger partial charge in [0.2, 0.25) is 0 Å². The largest absolute Gasteiger partial charge is 0.294 e. The highest BCUT2D eigenvalue weighted by Crippen LogP contribution is 2.28. The Morgan fingerprint density at radius 3 is 2.00 bits per heavy atom. The van der Waals surface area contributed by atoms with E-state index in [2.05, 4.69) is 6.07 Å². The van der Waals surface area contributed by atoms with Gasteiger partial charge in [-0.2, -0.15) is 5.26 Å². The van der Waals surface area contributed by atoms with Crippen molar-refractivity contribution in [3.05, 3.63) is 82.9 Å². The van der Waals surface area contributed by atoms with Gasteiger partial charge in [-0.3, -0.25) is 4.79 Å². The summed E-state index contributed by atoms with van der Waals surface area (Å²) in [5, 5.41) is 9.39. The topological polar surface area (TPSA) is 40.9 Å². The molecule has 0 amide bonds. The summed E-state index contributed by atoms with van der Waals surface area (Å²) in [6.07, 6.45) is 1.99. The average molecular weight is 287 g/mol. The number of benzene rings is 2. The Hall–Kier alpha value is -2.92. The molecule has 2 rings (SSSR count). The second-order valence-corrected chi connectivity index (χ2v) is 5.02. The van der Waals surface area contributed by atoms with Gasteiger partial charge in [0.1, 0.15) is 11.6 Å². The molecule has 0 saturated carbocycles. The molecule has 2 aromatic carbocycles. The molecular weight excluding hydrogens is 270 g/mol. The molecule has 0 saturated heterocycles. The Balaban J connectivity index is 2.63. The molecule has 0 N–H and O–H groups in total. The number of allylic oxidation sites excluding steroid dienone is 3. The van der Waals surface area contributed by atoms with Crippen LogP contribution in [0.15, 0.2) is 71.8 Å². The molecule has 0 aliphatic rings. The number of carbonyl (C=O) groups is 1. The van der Waals surface area contributed by atoms with E-state index >= 15 is 0 Å². The summed E-state index contributed by atoms with van der Waals surface area (Å²) in [7, 11) is 0. The lowest BCUT2D eigenvalue weighted by Gasteiger charge is -2.11. The molecule has 2 heteroatoms.